The first-order chi connectivity index (χ1) is 7.70. The van der Waals surface area contributed by atoms with Gasteiger partial charge in [-0.1, -0.05) is 0 Å². The number of thioether (sulfide) groups is 1. The predicted molar refractivity (Wildman–Crippen MR) is 71.1 cm³/mol. The summed E-state index contributed by atoms with van der Waals surface area (Å²) in [6, 6.07) is 0.456. The van der Waals surface area contributed by atoms with Crippen LogP contribution >= 0.6 is 27.7 Å². The van der Waals surface area contributed by atoms with Crippen LogP contribution in [0.1, 0.15) is 19.3 Å². The van der Waals surface area contributed by atoms with Gasteiger partial charge in [0.15, 0.2) is 0 Å². The number of halogens is 1. The fraction of sp³-hybridized carbons (Fsp3) is 0.600. The Bertz CT molecular complexity index is 423. The number of aromatic nitrogens is 2. The third kappa shape index (κ3) is 2.60. The quantitative estimate of drug-likeness (QED) is 0.899. The van der Waals surface area contributed by atoms with E-state index in [4.69, 9.17) is 0 Å². The highest BCUT2D eigenvalue weighted by molar-refractivity contribution is 9.10. The number of anilines is 1. The van der Waals surface area contributed by atoms with Crippen LogP contribution in [-0.4, -0.2) is 27.7 Å². The van der Waals surface area contributed by atoms with E-state index in [1.54, 1.807) is 6.20 Å². The van der Waals surface area contributed by atoms with Gasteiger partial charge in [0.25, 0.3) is 5.56 Å². The molecule has 16 heavy (non-hydrogen) atoms. The topological polar surface area (TPSA) is 57.8 Å². The molecule has 4 nitrogen and oxygen atoms in total. The normalized spacial score (nSPS) is 24.6. The average Bonchev–Trinajstić information content (AvgIpc) is 2.73. The van der Waals surface area contributed by atoms with Gasteiger partial charge in [-0.05, 0) is 41.4 Å². The van der Waals surface area contributed by atoms with E-state index in [9.17, 15) is 4.79 Å². The van der Waals surface area contributed by atoms with Gasteiger partial charge >= 0.3 is 0 Å². The van der Waals surface area contributed by atoms with Crippen molar-refractivity contribution in [1.82, 2.24) is 10.2 Å². The van der Waals surface area contributed by atoms with Crippen molar-refractivity contribution >= 4 is 33.4 Å². The molecular weight excluding hydrogens is 290 g/mol. The number of nitrogens with one attached hydrogen (secondary N) is 2. The zero-order valence-corrected chi connectivity index (χ0v) is 11.4. The minimum absolute atomic E-state index is 0.190. The lowest BCUT2D eigenvalue weighted by Gasteiger charge is -2.14. The summed E-state index contributed by atoms with van der Waals surface area (Å²) in [5, 5.41) is 10.3. The van der Waals surface area contributed by atoms with Crippen molar-refractivity contribution < 1.29 is 0 Å². The van der Waals surface area contributed by atoms with E-state index in [0.717, 1.165) is 23.8 Å². The third-order valence-corrected chi connectivity index (χ3v) is 4.76. The summed E-state index contributed by atoms with van der Waals surface area (Å²) < 4.78 is 0.537. The Balaban J connectivity index is 2.05. The highest BCUT2D eigenvalue weighted by Crippen LogP contribution is 2.31. The maximum atomic E-state index is 11.3. The van der Waals surface area contributed by atoms with E-state index in [1.165, 1.54) is 6.42 Å². The first-order valence-corrected chi connectivity index (χ1v) is 7.31. The molecule has 1 aromatic heterocycles. The lowest BCUT2D eigenvalue weighted by Crippen LogP contribution is -2.19. The zero-order valence-electron chi connectivity index (χ0n) is 9.00. The van der Waals surface area contributed by atoms with Gasteiger partial charge in [-0.3, -0.25) is 4.79 Å². The summed E-state index contributed by atoms with van der Waals surface area (Å²) in [6.45, 7) is 0. The molecule has 0 saturated heterocycles. The molecule has 1 aliphatic rings. The van der Waals surface area contributed by atoms with Crippen molar-refractivity contribution in [3.63, 3.8) is 0 Å². The molecule has 1 heterocycles. The monoisotopic (exact) mass is 303 g/mol. The van der Waals surface area contributed by atoms with E-state index >= 15 is 0 Å². The lowest BCUT2D eigenvalue weighted by molar-refractivity contribution is 0.753. The van der Waals surface area contributed by atoms with Crippen LogP contribution in [0.4, 0.5) is 5.69 Å². The maximum Gasteiger partial charge on any atom is 0.280 e. The minimum atomic E-state index is -0.190. The van der Waals surface area contributed by atoms with Crippen LogP contribution in [0.3, 0.4) is 0 Å². The first-order valence-electron chi connectivity index (χ1n) is 5.23. The van der Waals surface area contributed by atoms with Gasteiger partial charge in [0.1, 0.15) is 4.47 Å². The highest BCUT2D eigenvalue weighted by atomic mass is 79.9. The molecule has 0 bridgehead atoms. The molecule has 0 amide bonds. The third-order valence-electron chi connectivity index (χ3n) is 2.87. The maximum absolute atomic E-state index is 11.3. The highest BCUT2D eigenvalue weighted by Gasteiger charge is 2.24. The van der Waals surface area contributed by atoms with Gasteiger partial charge in [0.2, 0.25) is 0 Å². The van der Waals surface area contributed by atoms with Crippen molar-refractivity contribution in [1.29, 1.82) is 0 Å². The van der Waals surface area contributed by atoms with Crippen LogP contribution in [0.2, 0.25) is 0 Å². The van der Waals surface area contributed by atoms with E-state index in [-0.39, 0.29) is 5.56 Å². The standard InChI is InChI=1S/C10H14BrN3OS/c1-16-7-3-2-6(4-7)13-8-5-12-14-10(15)9(8)11/h5-7H,2-4H2,1H3,(H2,13,14,15). The molecule has 2 N–H and O–H groups in total. The van der Waals surface area contributed by atoms with Crippen molar-refractivity contribution in [3.05, 3.63) is 21.0 Å². The number of hydrogen-bond acceptors (Lipinski definition) is 4. The lowest BCUT2D eigenvalue weighted by atomic mass is 10.2. The van der Waals surface area contributed by atoms with E-state index in [2.05, 4.69) is 37.7 Å². The Morgan fingerprint density at radius 2 is 2.44 bits per heavy atom. The fourth-order valence-electron chi connectivity index (χ4n) is 1.99. The molecule has 0 radical (unpaired) electrons. The minimum Gasteiger partial charge on any atom is -0.380 e. The molecule has 1 saturated carbocycles. The van der Waals surface area contributed by atoms with Gasteiger partial charge in [0.05, 0.1) is 11.9 Å². The Kier molecular flexibility index (Phi) is 3.91. The molecule has 0 aliphatic heterocycles. The molecule has 1 fully saturated rings. The Morgan fingerprint density at radius 3 is 3.12 bits per heavy atom. The summed E-state index contributed by atoms with van der Waals surface area (Å²) in [5.41, 5.74) is 0.597. The first kappa shape index (κ1) is 12.0. The number of aromatic amines is 1. The summed E-state index contributed by atoms with van der Waals surface area (Å²) >= 11 is 5.19. The Labute approximate surface area is 107 Å². The smallest absolute Gasteiger partial charge is 0.280 e. The average molecular weight is 304 g/mol. The number of nitrogens with zero attached hydrogens (tertiary/aromatic N) is 1. The van der Waals surface area contributed by atoms with Crippen LogP contribution in [0.5, 0.6) is 0 Å². The van der Waals surface area contributed by atoms with Crippen molar-refractivity contribution in [3.8, 4) is 0 Å². The van der Waals surface area contributed by atoms with E-state index in [1.807, 2.05) is 11.8 Å². The van der Waals surface area contributed by atoms with Gasteiger partial charge in [0, 0.05) is 11.3 Å². The molecule has 88 valence electrons. The summed E-state index contributed by atoms with van der Waals surface area (Å²) in [4.78, 5) is 11.3. The van der Waals surface area contributed by atoms with Gasteiger partial charge in [-0.25, -0.2) is 5.10 Å². The molecule has 2 unspecified atom stereocenters. The Hall–Kier alpha value is -0.490. The SMILES string of the molecule is CSC1CCC(Nc2cn[nH]c(=O)c2Br)C1. The Morgan fingerprint density at radius 1 is 1.62 bits per heavy atom. The van der Waals surface area contributed by atoms with E-state index in [0.29, 0.717) is 10.5 Å². The molecule has 0 aromatic carbocycles. The zero-order chi connectivity index (χ0) is 11.5. The molecule has 0 spiro atoms. The van der Waals surface area contributed by atoms with Gasteiger partial charge < -0.3 is 5.32 Å². The number of hydrogen-bond donors (Lipinski definition) is 2. The summed E-state index contributed by atoms with van der Waals surface area (Å²) in [6.07, 6.45) is 7.36. The molecule has 1 aliphatic carbocycles. The summed E-state index contributed by atoms with van der Waals surface area (Å²) in [5.74, 6) is 0. The van der Waals surface area contributed by atoms with Crippen LogP contribution in [0, 0.1) is 0 Å². The number of rotatable bonds is 3. The van der Waals surface area contributed by atoms with Crippen LogP contribution in [0.25, 0.3) is 0 Å². The second kappa shape index (κ2) is 5.23. The van der Waals surface area contributed by atoms with Crippen molar-refractivity contribution in [2.45, 2.75) is 30.6 Å². The molecule has 1 aromatic rings. The second-order valence-electron chi connectivity index (χ2n) is 3.94. The number of H-pyrrole nitrogens is 1. The predicted octanol–water partition coefficient (Wildman–Crippen LogP) is 2.23. The molecule has 6 heteroatoms. The summed E-state index contributed by atoms with van der Waals surface area (Å²) in [7, 11) is 0. The largest absolute Gasteiger partial charge is 0.380 e. The molecule has 2 atom stereocenters. The van der Waals surface area contributed by atoms with Crippen LogP contribution in [-0.2, 0) is 0 Å². The molecular formula is C10H14BrN3OS. The van der Waals surface area contributed by atoms with Crippen LogP contribution < -0.4 is 10.9 Å². The van der Waals surface area contributed by atoms with E-state index < -0.39 is 0 Å². The van der Waals surface area contributed by atoms with Crippen molar-refractivity contribution in [2.75, 3.05) is 11.6 Å². The fourth-order valence-corrected chi connectivity index (χ4v) is 3.09. The van der Waals surface area contributed by atoms with Gasteiger partial charge in [-0.15, -0.1) is 0 Å². The van der Waals surface area contributed by atoms with Crippen LogP contribution in [0.15, 0.2) is 15.5 Å². The van der Waals surface area contributed by atoms with Gasteiger partial charge in [-0.2, -0.15) is 16.9 Å². The second-order valence-corrected chi connectivity index (χ2v) is 5.87. The van der Waals surface area contributed by atoms with Crippen molar-refractivity contribution in [2.24, 2.45) is 0 Å². The molecule has 2 rings (SSSR count).